The van der Waals surface area contributed by atoms with Gasteiger partial charge < -0.3 is 10.2 Å². The van der Waals surface area contributed by atoms with Crippen molar-refractivity contribution in [2.45, 2.75) is 38.3 Å². The molecule has 4 nitrogen and oxygen atoms in total. The third-order valence-corrected chi connectivity index (χ3v) is 5.72. The summed E-state index contributed by atoms with van der Waals surface area (Å²) < 4.78 is 0. The summed E-state index contributed by atoms with van der Waals surface area (Å²) in [6.07, 6.45) is 6.18. The summed E-state index contributed by atoms with van der Waals surface area (Å²) in [5.74, 6) is 0. The van der Waals surface area contributed by atoms with E-state index in [4.69, 9.17) is 0 Å². The molecule has 106 valence electrons. The maximum atomic E-state index is 4.63. The minimum absolute atomic E-state index is 0.405. The highest BCUT2D eigenvalue weighted by atomic mass is 32.1. The van der Waals surface area contributed by atoms with Gasteiger partial charge in [0.1, 0.15) is 0 Å². The fourth-order valence-electron chi connectivity index (χ4n) is 3.10. The number of piperazine rings is 1. The standard InChI is InChI=1S/C14H24N4S/c1-11(15-2)13-9-16-14(19-13)18-8-7-17-6-4-3-5-12(17)10-18/h9,11-12,15H,3-8,10H2,1-2H3. The lowest BCUT2D eigenvalue weighted by molar-refractivity contribution is 0.133. The molecule has 2 saturated heterocycles. The first-order valence-electron chi connectivity index (χ1n) is 7.40. The van der Waals surface area contributed by atoms with E-state index >= 15 is 0 Å². The van der Waals surface area contributed by atoms with Gasteiger partial charge in [-0.1, -0.05) is 6.42 Å². The summed E-state index contributed by atoms with van der Waals surface area (Å²) in [5.41, 5.74) is 0. The summed E-state index contributed by atoms with van der Waals surface area (Å²) >= 11 is 1.85. The van der Waals surface area contributed by atoms with E-state index in [2.05, 4.69) is 27.0 Å². The summed E-state index contributed by atoms with van der Waals surface area (Å²) in [7, 11) is 2.00. The van der Waals surface area contributed by atoms with E-state index in [1.54, 1.807) is 0 Å². The molecule has 0 aliphatic carbocycles. The molecule has 0 bridgehead atoms. The predicted octanol–water partition coefficient (Wildman–Crippen LogP) is 2.10. The highest BCUT2D eigenvalue weighted by Gasteiger charge is 2.30. The summed E-state index contributed by atoms with van der Waals surface area (Å²) in [6.45, 7) is 7.01. The van der Waals surface area contributed by atoms with E-state index < -0.39 is 0 Å². The molecular formula is C14H24N4S. The van der Waals surface area contributed by atoms with Crippen LogP contribution < -0.4 is 10.2 Å². The van der Waals surface area contributed by atoms with Crippen molar-refractivity contribution in [2.24, 2.45) is 0 Å². The maximum absolute atomic E-state index is 4.63. The number of hydrogen-bond acceptors (Lipinski definition) is 5. The van der Waals surface area contributed by atoms with Crippen molar-refractivity contribution >= 4 is 16.5 Å². The van der Waals surface area contributed by atoms with Crippen LogP contribution in [0.5, 0.6) is 0 Å². The maximum Gasteiger partial charge on any atom is 0.185 e. The van der Waals surface area contributed by atoms with E-state index in [0.717, 1.165) is 12.6 Å². The predicted molar refractivity (Wildman–Crippen MR) is 81.0 cm³/mol. The fourth-order valence-corrected chi connectivity index (χ4v) is 4.11. The third kappa shape index (κ3) is 2.78. The number of anilines is 1. The lowest BCUT2D eigenvalue weighted by Crippen LogP contribution is -2.54. The zero-order valence-electron chi connectivity index (χ0n) is 11.9. The second-order valence-corrected chi connectivity index (χ2v) is 6.73. The van der Waals surface area contributed by atoms with E-state index in [9.17, 15) is 0 Å². The molecule has 5 heteroatoms. The van der Waals surface area contributed by atoms with Gasteiger partial charge in [-0.2, -0.15) is 0 Å². The minimum Gasteiger partial charge on any atom is -0.345 e. The lowest BCUT2D eigenvalue weighted by atomic mass is 10.00. The van der Waals surface area contributed by atoms with Gasteiger partial charge in [-0.15, -0.1) is 11.3 Å². The zero-order chi connectivity index (χ0) is 13.2. The molecule has 2 aliphatic rings. The van der Waals surface area contributed by atoms with Crippen molar-refractivity contribution in [3.05, 3.63) is 11.1 Å². The van der Waals surface area contributed by atoms with Gasteiger partial charge in [0, 0.05) is 42.8 Å². The van der Waals surface area contributed by atoms with Gasteiger partial charge in [-0.25, -0.2) is 4.98 Å². The zero-order valence-corrected chi connectivity index (χ0v) is 12.7. The van der Waals surface area contributed by atoms with Gasteiger partial charge in [0.15, 0.2) is 5.13 Å². The molecule has 0 aromatic carbocycles. The largest absolute Gasteiger partial charge is 0.345 e. The Morgan fingerprint density at radius 1 is 1.37 bits per heavy atom. The van der Waals surface area contributed by atoms with Gasteiger partial charge >= 0.3 is 0 Å². The van der Waals surface area contributed by atoms with Crippen molar-refractivity contribution in [3.63, 3.8) is 0 Å². The normalized spacial score (nSPS) is 26.2. The lowest BCUT2D eigenvalue weighted by Gasteiger charge is -2.44. The van der Waals surface area contributed by atoms with Crippen molar-refractivity contribution in [2.75, 3.05) is 38.1 Å². The Morgan fingerprint density at radius 2 is 2.26 bits per heavy atom. The molecule has 0 saturated carbocycles. The number of fused-ring (bicyclic) bond motifs is 1. The molecule has 2 fully saturated rings. The molecule has 0 spiro atoms. The number of rotatable bonds is 3. The smallest absolute Gasteiger partial charge is 0.185 e. The van der Waals surface area contributed by atoms with Crippen molar-refractivity contribution in [3.8, 4) is 0 Å². The quantitative estimate of drug-likeness (QED) is 0.919. The van der Waals surface area contributed by atoms with Crippen molar-refractivity contribution in [1.29, 1.82) is 0 Å². The van der Waals surface area contributed by atoms with Crippen LogP contribution in [0.3, 0.4) is 0 Å². The van der Waals surface area contributed by atoms with Crippen molar-refractivity contribution < 1.29 is 0 Å². The number of aromatic nitrogens is 1. The molecule has 2 atom stereocenters. The third-order valence-electron chi connectivity index (χ3n) is 4.48. The number of nitrogens with one attached hydrogen (secondary N) is 1. The topological polar surface area (TPSA) is 31.4 Å². The van der Waals surface area contributed by atoms with Gasteiger partial charge in [-0.05, 0) is 33.4 Å². The molecule has 2 aliphatic heterocycles. The Bertz CT molecular complexity index is 419. The fraction of sp³-hybridized carbons (Fsp3) is 0.786. The average Bonchev–Trinajstić information content (AvgIpc) is 2.95. The van der Waals surface area contributed by atoms with Gasteiger partial charge in [0.2, 0.25) is 0 Å². The number of piperidine rings is 1. The Hall–Kier alpha value is -0.650. The van der Waals surface area contributed by atoms with Gasteiger partial charge in [0.05, 0.1) is 0 Å². The molecule has 3 heterocycles. The first-order chi connectivity index (χ1) is 9.28. The summed E-state index contributed by atoms with van der Waals surface area (Å²) in [4.78, 5) is 11.1. The molecule has 0 amide bonds. The highest BCUT2D eigenvalue weighted by molar-refractivity contribution is 7.15. The molecule has 1 aromatic rings. The monoisotopic (exact) mass is 280 g/mol. The van der Waals surface area contributed by atoms with E-state index in [0.29, 0.717) is 6.04 Å². The van der Waals surface area contributed by atoms with Crippen LogP contribution >= 0.6 is 11.3 Å². The molecule has 1 N–H and O–H groups in total. The Kier molecular flexibility index (Phi) is 4.05. The highest BCUT2D eigenvalue weighted by Crippen LogP contribution is 2.30. The van der Waals surface area contributed by atoms with E-state index in [1.807, 2.05) is 24.6 Å². The Balaban J connectivity index is 1.67. The molecule has 3 rings (SSSR count). The van der Waals surface area contributed by atoms with Gasteiger partial charge in [0.25, 0.3) is 0 Å². The molecule has 1 aromatic heterocycles. The number of nitrogens with zero attached hydrogens (tertiary/aromatic N) is 3. The summed E-state index contributed by atoms with van der Waals surface area (Å²) in [5, 5.41) is 4.50. The number of hydrogen-bond donors (Lipinski definition) is 1. The van der Waals surface area contributed by atoms with E-state index in [1.165, 1.54) is 48.9 Å². The first-order valence-corrected chi connectivity index (χ1v) is 8.21. The Morgan fingerprint density at radius 3 is 3.11 bits per heavy atom. The molecule has 0 radical (unpaired) electrons. The minimum atomic E-state index is 0.405. The second kappa shape index (κ2) is 5.77. The average molecular weight is 280 g/mol. The van der Waals surface area contributed by atoms with Crippen LogP contribution in [0.1, 0.15) is 37.1 Å². The van der Waals surface area contributed by atoms with Crippen LogP contribution in [0, 0.1) is 0 Å². The van der Waals surface area contributed by atoms with Gasteiger partial charge in [-0.3, -0.25) is 4.90 Å². The van der Waals surface area contributed by atoms with Crippen LogP contribution in [0.25, 0.3) is 0 Å². The SMILES string of the molecule is CNC(C)c1cnc(N2CCN3CCCCC3C2)s1. The Labute approximate surface area is 119 Å². The second-order valence-electron chi connectivity index (χ2n) is 5.69. The molecule has 2 unspecified atom stereocenters. The van der Waals surface area contributed by atoms with Crippen LogP contribution in [0.4, 0.5) is 5.13 Å². The van der Waals surface area contributed by atoms with Crippen LogP contribution in [0.2, 0.25) is 0 Å². The molecular weight excluding hydrogens is 256 g/mol. The van der Waals surface area contributed by atoms with E-state index in [-0.39, 0.29) is 0 Å². The summed E-state index contributed by atoms with van der Waals surface area (Å²) in [6, 6.07) is 1.17. The number of thiazole rings is 1. The van der Waals surface area contributed by atoms with Crippen LogP contribution in [-0.4, -0.2) is 49.2 Å². The van der Waals surface area contributed by atoms with Crippen LogP contribution in [-0.2, 0) is 0 Å². The first kappa shape index (κ1) is 13.3. The molecule has 19 heavy (non-hydrogen) atoms. The van der Waals surface area contributed by atoms with Crippen molar-refractivity contribution in [1.82, 2.24) is 15.2 Å². The van der Waals surface area contributed by atoms with Crippen LogP contribution in [0.15, 0.2) is 6.20 Å².